The first-order valence-electron chi connectivity index (χ1n) is 5.39. The van der Waals surface area contributed by atoms with Crippen LogP contribution in [0.25, 0.3) is 0 Å². The van der Waals surface area contributed by atoms with Crippen LogP contribution in [0.15, 0.2) is 21.6 Å². The summed E-state index contributed by atoms with van der Waals surface area (Å²) in [6, 6.07) is 3.02. The molecular formula is C11H18ClNO3S. The van der Waals surface area contributed by atoms with Crippen molar-refractivity contribution in [3.05, 3.63) is 17.9 Å². The molecule has 0 aromatic carbocycles. The molecule has 0 radical (unpaired) electrons. The molecule has 1 aromatic rings. The fourth-order valence-electron chi connectivity index (χ4n) is 1.25. The quantitative estimate of drug-likeness (QED) is 0.779. The van der Waals surface area contributed by atoms with Gasteiger partial charge in [-0.3, -0.25) is 0 Å². The van der Waals surface area contributed by atoms with E-state index in [1.165, 1.54) is 10.4 Å². The van der Waals surface area contributed by atoms with Crippen molar-refractivity contribution in [3.63, 3.8) is 0 Å². The van der Waals surface area contributed by atoms with E-state index in [0.717, 1.165) is 0 Å². The molecule has 0 atom stereocenters. The van der Waals surface area contributed by atoms with E-state index in [1.807, 2.05) is 20.8 Å². The van der Waals surface area contributed by atoms with Crippen molar-refractivity contribution in [3.8, 4) is 0 Å². The van der Waals surface area contributed by atoms with Crippen LogP contribution in [0.4, 0.5) is 0 Å². The van der Waals surface area contributed by atoms with E-state index in [-0.39, 0.29) is 11.0 Å². The van der Waals surface area contributed by atoms with Crippen LogP contribution in [-0.2, 0) is 15.9 Å². The molecule has 17 heavy (non-hydrogen) atoms. The molecule has 1 heterocycles. The standard InChI is InChI=1S/C11H18ClNO3S/c1-5-11(2,3)13(4)17(14,15)10-7-6-9(8-12)16-10/h6-7H,5,8H2,1-4H3. The molecule has 1 rings (SSSR count). The van der Waals surface area contributed by atoms with Gasteiger partial charge in [0, 0.05) is 12.6 Å². The highest BCUT2D eigenvalue weighted by molar-refractivity contribution is 7.89. The van der Waals surface area contributed by atoms with Gasteiger partial charge in [-0.05, 0) is 32.4 Å². The fraction of sp³-hybridized carbons (Fsp3) is 0.636. The van der Waals surface area contributed by atoms with Gasteiger partial charge in [0.25, 0.3) is 10.0 Å². The van der Waals surface area contributed by atoms with E-state index in [1.54, 1.807) is 13.1 Å². The molecule has 98 valence electrons. The van der Waals surface area contributed by atoms with Crippen LogP contribution in [0.2, 0.25) is 0 Å². The highest BCUT2D eigenvalue weighted by atomic mass is 35.5. The van der Waals surface area contributed by atoms with Crippen LogP contribution < -0.4 is 0 Å². The molecule has 0 saturated heterocycles. The first kappa shape index (κ1) is 14.5. The molecule has 1 aromatic heterocycles. The summed E-state index contributed by atoms with van der Waals surface area (Å²) in [5.41, 5.74) is -0.452. The smallest absolute Gasteiger partial charge is 0.276 e. The van der Waals surface area contributed by atoms with E-state index in [4.69, 9.17) is 16.0 Å². The van der Waals surface area contributed by atoms with Crippen molar-refractivity contribution in [1.29, 1.82) is 0 Å². The van der Waals surface area contributed by atoms with Gasteiger partial charge in [0.05, 0.1) is 5.88 Å². The predicted molar refractivity (Wildman–Crippen MR) is 67.6 cm³/mol. The summed E-state index contributed by atoms with van der Waals surface area (Å²) < 4.78 is 31.0. The highest BCUT2D eigenvalue weighted by Gasteiger charge is 2.34. The van der Waals surface area contributed by atoms with Gasteiger partial charge in [-0.25, -0.2) is 8.42 Å². The third-order valence-corrected chi connectivity index (χ3v) is 5.31. The molecule has 4 nitrogen and oxygen atoms in total. The summed E-state index contributed by atoms with van der Waals surface area (Å²) in [5, 5.41) is -0.0582. The SMILES string of the molecule is CCC(C)(C)N(C)S(=O)(=O)c1ccc(CCl)o1. The maximum Gasteiger partial charge on any atom is 0.276 e. The number of halogens is 1. The molecule has 0 saturated carbocycles. The summed E-state index contributed by atoms with van der Waals surface area (Å²) in [7, 11) is -2.03. The van der Waals surface area contributed by atoms with Gasteiger partial charge < -0.3 is 4.42 Å². The molecule has 6 heteroatoms. The third kappa shape index (κ3) is 2.84. The maximum atomic E-state index is 12.3. The fourth-order valence-corrected chi connectivity index (χ4v) is 2.90. The lowest BCUT2D eigenvalue weighted by Crippen LogP contribution is -2.44. The molecule has 0 amide bonds. The van der Waals surface area contributed by atoms with Crippen molar-refractivity contribution in [2.45, 2.75) is 43.7 Å². The van der Waals surface area contributed by atoms with Gasteiger partial charge in [-0.15, -0.1) is 11.6 Å². The summed E-state index contributed by atoms with van der Waals surface area (Å²) in [4.78, 5) is 0. The zero-order valence-electron chi connectivity index (χ0n) is 10.5. The van der Waals surface area contributed by atoms with E-state index in [9.17, 15) is 8.42 Å². The number of nitrogens with zero attached hydrogens (tertiary/aromatic N) is 1. The molecule has 0 unspecified atom stereocenters. The van der Waals surface area contributed by atoms with Crippen LogP contribution in [0.3, 0.4) is 0 Å². The van der Waals surface area contributed by atoms with Gasteiger partial charge >= 0.3 is 0 Å². The zero-order chi connectivity index (χ0) is 13.3. The molecule has 0 aliphatic carbocycles. The lowest BCUT2D eigenvalue weighted by atomic mass is 10.0. The second-order valence-electron chi connectivity index (χ2n) is 4.49. The Morgan fingerprint density at radius 3 is 2.41 bits per heavy atom. The van der Waals surface area contributed by atoms with Crippen LogP contribution >= 0.6 is 11.6 Å². The largest absolute Gasteiger partial charge is 0.447 e. The van der Waals surface area contributed by atoms with Crippen LogP contribution in [0.5, 0.6) is 0 Å². The molecule has 0 aliphatic heterocycles. The third-order valence-electron chi connectivity index (χ3n) is 3.10. The molecular weight excluding hydrogens is 262 g/mol. The summed E-state index contributed by atoms with van der Waals surface area (Å²) in [6.07, 6.45) is 0.714. The average Bonchev–Trinajstić information content (AvgIpc) is 2.77. The molecule has 0 spiro atoms. The lowest BCUT2D eigenvalue weighted by molar-refractivity contribution is 0.250. The van der Waals surface area contributed by atoms with Crippen molar-refractivity contribution in [2.24, 2.45) is 0 Å². The first-order valence-corrected chi connectivity index (χ1v) is 7.37. The molecule has 0 aliphatic rings. The second kappa shape index (κ2) is 5.00. The van der Waals surface area contributed by atoms with Crippen molar-refractivity contribution < 1.29 is 12.8 Å². The van der Waals surface area contributed by atoms with E-state index in [2.05, 4.69) is 0 Å². The Kier molecular flexibility index (Phi) is 4.28. The Morgan fingerprint density at radius 2 is 2.00 bits per heavy atom. The highest BCUT2D eigenvalue weighted by Crippen LogP contribution is 2.26. The van der Waals surface area contributed by atoms with E-state index >= 15 is 0 Å². The van der Waals surface area contributed by atoms with E-state index in [0.29, 0.717) is 12.2 Å². The normalized spacial score (nSPS) is 13.3. The second-order valence-corrected chi connectivity index (χ2v) is 6.66. The molecule has 0 N–H and O–H groups in total. The molecule has 0 fully saturated rings. The van der Waals surface area contributed by atoms with Crippen LogP contribution in [0, 0.1) is 0 Å². The minimum Gasteiger partial charge on any atom is -0.447 e. The lowest BCUT2D eigenvalue weighted by Gasteiger charge is -2.32. The number of rotatable bonds is 5. The first-order chi connectivity index (χ1) is 7.75. The van der Waals surface area contributed by atoms with Gasteiger partial charge in [0.2, 0.25) is 5.09 Å². The van der Waals surface area contributed by atoms with Gasteiger partial charge in [0.15, 0.2) is 0 Å². The van der Waals surface area contributed by atoms with Crippen molar-refractivity contribution in [1.82, 2.24) is 4.31 Å². The minimum absolute atomic E-state index is 0.0582. The number of alkyl halides is 1. The number of hydrogen-bond donors (Lipinski definition) is 0. The minimum atomic E-state index is -3.59. The number of furan rings is 1. The maximum absolute atomic E-state index is 12.3. The Hall–Kier alpha value is -0.520. The number of hydrogen-bond acceptors (Lipinski definition) is 3. The summed E-state index contributed by atoms with van der Waals surface area (Å²) in [5.74, 6) is 0.615. The summed E-state index contributed by atoms with van der Waals surface area (Å²) >= 11 is 5.58. The Balaban J connectivity index is 3.11. The Morgan fingerprint density at radius 1 is 1.41 bits per heavy atom. The monoisotopic (exact) mass is 279 g/mol. The van der Waals surface area contributed by atoms with Gasteiger partial charge in [-0.2, -0.15) is 4.31 Å². The predicted octanol–water partition coefficient (Wildman–Crippen LogP) is 2.83. The topological polar surface area (TPSA) is 50.5 Å². The average molecular weight is 280 g/mol. The van der Waals surface area contributed by atoms with Gasteiger partial charge in [-0.1, -0.05) is 6.92 Å². The van der Waals surface area contributed by atoms with E-state index < -0.39 is 15.6 Å². The Labute approximate surface area is 108 Å². The van der Waals surface area contributed by atoms with Crippen LogP contribution in [0.1, 0.15) is 33.0 Å². The molecule has 0 bridgehead atoms. The van der Waals surface area contributed by atoms with Crippen LogP contribution in [-0.4, -0.2) is 25.3 Å². The Bertz CT molecular complexity index is 479. The van der Waals surface area contributed by atoms with Crippen molar-refractivity contribution in [2.75, 3.05) is 7.05 Å². The van der Waals surface area contributed by atoms with Crippen molar-refractivity contribution >= 4 is 21.6 Å². The number of sulfonamides is 1. The van der Waals surface area contributed by atoms with Gasteiger partial charge in [0.1, 0.15) is 5.76 Å². The summed E-state index contributed by atoms with van der Waals surface area (Å²) in [6.45, 7) is 5.68. The zero-order valence-corrected chi connectivity index (χ0v) is 12.1.